The molecular formula is C17H24N2O2. The van der Waals surface area contributed by atoms with E-state index in [4.69, 9.17) is 4.74 Å². The molecule has 0 bridgehead atoms. The number of piperazine rings is 1. The Morgan fingerprint density at radius 2 is 2.05 bits per heavy atom. The topological polar surface area (TPSA) is 32.8 Å². The second-order valence-corrected chi connectivity index (χ2v) is 5.28. The molecule has 2 rings (SSSR count). The molecule has 0 saturated carbocycles. The van der Waals surface area contributed by atoms with Crippen molar-refractivity contribution in [1.29, 1.82) is 0 Å². The number of esters is 1. The van der Waals surface area contributed by atoms with Crippen molar-refractivity contribution >= 4 is 11.7 Å². The fourth-order valence-electron chi connectivity index (χ4n) is 2.50. The summed E-state index contributed by atoms with van der Waals surface area (Å²) in [5, 5.41) is 0. The molecule has 0 N–H and O–H groups in total. The maximum absolute atomic E-state index is 11.2. The van der Waals surface area contributed by atoms with Crippen LogP contribution in [0.2, 0.25) is 0 Å². The molecule has 4 heteroatoms. The van der Waals surface area contributed by atoms with Crippen LogP contribution in [0.4, 0.5) is 5.69 Å². The van der Waals surface area contributed by atoms with Gasteiger partial charge < -0.3 is 9.64 Å². The summed E-state index contributed by atoms with van der Waals surface area (Å²) >= 11 is 0. The molecule has 21 heavy (non-hydrogen) atoms. The first-order valence-electron chi connectivity index (χ1n) is 7.56. The number of nitrogens with zero attached hydrogens (tertiary/aromatic N) is 2. The lowest BCUT2D eigenvalue weighted by Gasteiger charge is -2.35. The molecule has 4 nitrogen and oxygen atoms in total. The van der Waals surface area contributed by atoms with E-state index in [9.17, 15) is 4.79 Å². The number of carbonyl (C=O) groups is 1. The number of aryl methyl sites for hydroxylation is 1. The van der Waals surface area contributed by atoms with Gasteiger partial charge >= 0.3 is 5.97 Å². The zero-order chi connectivity index (χ0) is 15.1. The number of hydrogen-bond donors (Lipinski definition) is 0. The van der Waals surface area contributed by atoms with Gasteiger partial charge in [-0.1, -0.05) is 18.2 Å². The summed E-state index contributed by atoms with van der Waals surface area (Å²) in [5.74, 6) is -0.254. The largest absolute Gasteiger partial charge is 0.463 e. The molecule has 0 unspecified atom stereocenters. The molecule has 1 fully saturated rings. The number of rotatable bonds is 5. The van der Waals surface area contributed by atoms with Gasteiger partial charge in [-0.2, -0.15) is 0 Å². The number of hydrogen-bond acceptors (Lipinski definition) is 4. The molecule has 0 amide bonds. The van der Waals surface area contributed by atoms with Crippen LogP contribution < -0.4 is 4.90 Å². The summed E-state index contributed by atoms with van der Waals surface area (Å²) in [4.78, 5) is 16.0. The minimum atomic E-state index is -0.254. The van der Waals surface area contributed by atoms with Crippen LogP contribution in [0.25, 0.3) is 0 Å². The van der Waals surface area contributed by atoms with Gasteiger partial charge in [0.25, 0.3) is 0 Å². The van der Waals surface area contributed by atoms with E-state index in [0.717, 1.165) is 32.7 Å². The first-order valence-corrected chi connectivity index (χ1v) is 7.56. The first kappa shape index (κ1) is 15.6. The Hall–Kier alpha value is -1.81. The lowest BCUT2D eigenvalue weighted by Crippen LogP contribution is -2.46. The molecule has 0 aromatic heterocycles. The van der Waals surface area contributed by atoms with Crippen LogP contribution in [0.1, 0.15) is 12.5 Å². The Kier molecular flexibility index (Phi) is 5.81. The van der Waals surface area contributed by atoms with Gasteiger partial charge in [-0.3, -0.25) is 4.90 Å². The van der Waals surface area contributed by atoms with E-state index in [0.29, 0.717) is 6.61 Å². The van der Waals surface area contributed by atoms with Gasteiger partial charge in [0.05, 0.1) is 6.61 Å². The highest BCUT2D eigenvalue weighted by Gasteiger charge is 2.16. The third-order valence-corrected chi connectivity index (χ3v) is 3.64. The van der Waals surface area contributed by atoms with E-state index >= 15 is 0 Å². The van der Waals surface area contributed by atoms with Crippen LogP contribution >= 0.6 is 0 Å². The van der Waals surface area contributed by atoms with E-state index in [1.807, 2.05) is 13.0 Å². The van der Waals surface area contributed by atoms with Crippen molar-refractivity contribution in [2.75, 3.05) is 44.2 Å². The summed E-state index contributed by atoms with van der Waals surface area (Å²) in [6.45, 7) is 9.25. The molecule has 1 aliphatic rings. The van der Waals surface area contributed by atoms with Crippen molar-refractivity contribution in [3.63, 3.8) is 0 Å². The van der Waals surface area contributed by atoms with Gasteiger partial charge in [0.1, 0.15) is 0 Å². The Bertz CT molecular complexity index is 491. The Morgan fingerprint density at radius 3 is 2.71 bits per heavy atom. The molecule has 0 aliphatic carbocycles. The van der Waals surface area contributed by atoms with Gasteiger partial charge in [0.2, 0.25) is 0 Å². The maximum atomic E-state index is 11.2. The minimum absolute atomic E-state index is 0.254. The van der Waals surface area contributed by atoms with Crippen LogP contribution in [0, 0.1) is 6.92 Å². The van der Waals surface area contributed by atoms with Crippen molar-refractivity contribution in [2.24, 2.45) is 0 Å². The number of ether oxygens (including phenoxy) is 1. The average molecular weight is 288 g/mol. The molecule has 1 aromatic carbocycles. The van der Waals surface area contributed by atoms with Crippen molar-refractivity contribution < 1.29 is 9.53 Å². The molecular weight excluding hydrogens is 264 g/mol. The van der Waals surface area contributed by atoms with E-state index in [1.165, 1.54) is 17.3 Å². The van der Waals surface area contributed by atoms with Gasteiger partial charge in [-0.25, -0.2) is 4.79 Å². The zero-order valence-electron chi connectivity index (χ0n) is 12.9. The fraction of sp³-hybridized carbons (Fsp3) is 0.471. The lowest BCUT2D eigenvalue weighted by molar-refractivity contribution is -0.137. The normalized spacial score (nSPS) is 16.4. The van der Waals surface area contributed by atoms with Crippen molar-refractivity contribution in [3.8, 4) is 0 Å². The summed E-state index contributed by atoms with van der Waals surface area (Å²) in [6.07, 6.45) is 3.41. The maximum Gasteiger partial charge on any atom is 0.330 e. The Labute approximate surface area is 127 Å². The van der Waals surface area contributed by atoms with Crippen LogP contribution in [0.15, 0.2) is 36.4 Å². The van der Waals surface area contributed by atoms with Crippen LogP contribution in [0.5, 0.6) is 0 Å². The predicted octanol–water partition coefficient (Wildman–Crippen LogP) is 2.24. The Morgan fingerprint density at radius 1 is 1.29 bits per heavy atom. The first-order chi connectivity index (χ1) is 10.2. The van der Waals surface area contributed by atoms with Gasteiger partial charge in [-0.15, -0.1) is 0 Å². The van der Waals surface area contributed by atoms with Crippen molar-refractivity contribution in [2.45, 2.75) is 13.8 Å². The fourth-order valence-corrected chi connectivity index (χ4v) is 2.50. The highest BCUT2D eigenvalue weighted by molar-refractivity contribution is 5.81. The summed E-state index contributed by atoms with van der Waals surface area (Å²) < 4.78 is 4.86. The standard InChI is InChI=1S/C17H24N2O2/c1-3-21-17(20)8-5-9-18-10-12-19(13-11-18)16-7-4-6-15(2)14-16/h4-8,14H,3,9-13H2,1-2H3/b8-5+. The molecule has 0 radical (unpaired) electrons. The van der Waals surface area contributed by atoms with Gasteiger partial charge in [0, 0.05) is 44.5 Å². The van der Waals surface area contributed by atoms with Gasteiger partial charge in [0.15, 0.2) is 0 Å². The van der Waals surface area contributed by atoms with E-state index in [-0.39, 0.29) is 5.97 Å². The molecule has 1 aliphatic heterocycles. The Balaban J connectivity index is 1.77. The average Bonchev–Trinajstić information content (AvgIpc) is 2.48. The lowest BCUT2D eigenvalue weighted by atomic mass is 10.2. The summed E-state index contributed by atoms with van der Waals surface area (Å²) in [6, 6.07) is 8.64. The molecule has 1 heterocycles. The molecule has 0 spiro atoms. The quantitative estimate of drug-likeness (QED) is 0.614. The molecule has 1 aromatic rings. The van der Waals surface area contributed by atoms with E-state index in [1.54, 1.807) is 0 Å². The molecule has 1 saturated heterocycles. The third kappa shape index (κ3) is 4.90. The smallest absolute Gasteiger partial charge is 0.330 e. The van der Waals surface area contributed by atoms with Crippen molar-refractivity contribution in [1.82, 2.24) is 4.90 Å². The number of benzene rings is 1. The third-order valence-electron chi connectivity index (χ3n) is 3.64. The summed E-state index contributed by atoms with van der Waals surface area (Å²) in [7, 11) is 0. The predicted molar refractivity (Wildman–Crippen MR) is 85.6 cm³/mol. The highest BCUT2D eigenvalue weighted by Crippen LogP contribution is 2.17. The SMILES string of the molecule is CCOC(=O)/C=C/CN1CCN(c2cccc(C)c2)CC1. The van der Waals surface area contributed by atoms with Crippen LogP contribution in [-0.2, 0) is 9.53 Å². The molecule has 0 atom stereocenters. The molecule has 114 valence electrons. The number of carbonyl (C=O) groups excluding carboxylic acids is 1. The second-order valence-electron chi connectivity index (χ2n) is 5.28. The summed E-state index contributed by atoms with van der Waals surface area (Å²) in [5.41, 5.74) is 2.60. The van der Waals surface area contributed by atoms with E-state index in [2.05, 4.69) is 41.0 Å². The minimum Gasteiger partial charge on any atom is -0.463 e. The van der Waals surface area contributed by atoms with Crippen LogP contribution in [-0.4, -0.2) is 50.2 Å². The van der Waals surface area contributed by atoms with Gasteiger partial charge in [-0.05, 0) is 31.5 Å². The van der Waals surface area contributed by atoms with E-state index < -0.39 is 0 Å². The highest BCUT2D eigenvalue weighted by atomic mass is 16.5. The number of anilines is 1. The van der Waals surface area contributed by atoms with Crippen LogP contribution in [0.3, 0.4) is 0 Å². The zero-order valence-corrected chi connectivity index (χ0v) is 12.9. The monoisotopic (exact) mass is 288 g/mol. The second kappa shape index (κ2) is 7.84. The van der Waals surface area contributed by atoms with Crippen molar-refractivity contribution in [3.05, 3.63) is 42.0 Å².